The molecule has 0 aromatic heterocycles. The third-order valence-electron chi connectivity index (χ3n) is 2.18. The summed E-state index contributed by atoms with van der Waals surface area (Å²) >= 11 is 10.8. The third-order valence-corrected chi connectivity index (χ3v) is 3.76. The highest BCUT2D eigenvalue weighted by molar-refractivity contribution is 7.90. The van der Waals surface area contributed by atoms with Crippen molar-refractivity contribution in [1.29, 1.82) is 0 Å². The molecule has 0 atom stereocenters. The first kappa shape index (κ1) is 16.2. The molecule has 5 nitrogen and oxygen atoms in total. The summed E-state index contributed by atoms with van der Waals surface area (Å²) in [6.45, 7) is 4.16. The molecule has 0 heterocycles. The average Bonchev–Trinajstić information content (AvgIpc) is 2.29. The lowest BCUT2D eigenvalue weighted by Gasteiger charge is -2.12. The molecule has 0 amide bonds. The minimum absolute atomic E-state index is 0.203. The molecule has 0 fully saturated rings. The molecular formula is C11H16ClN3O2S2. The van der Waals surface area contributed by atoms with E-state index in [1.165, 1.54) is 12.1 Å². The van der Waals surface area contributed by atoms with Crippen molar-refractivity contribution in [3.63, 3.8) is 0 Å². The van der Waals surface area contributed by atoms with E-state index in [2.05, 4.69) is 9.44 Å². The molecule has 0 bridgehead atoms. The zero-order chi connectivity index (χ0) is 14.6. The summed E-state index contributed by atoms with van der Waals surface area (Å²) in [5.41, 5.74) is 6.32. The van der Waals surface area contributed by atoms with Gasteiger partial charge in [0, 0.05) is 12.1 Å². The second-order valence-electron chi connectivity index (χ2n) is 4.41. The lowest BCUT2D eigenvalue weighted by atomic mass is 10.2. The van der Waals surface area contributed by atoms with Crippen LogP contribution in [-0.2, 0) is 10.2 Å². The van der Waals surface area contributed by atoms with Gasteiger partial charge in [-0.25, -0.2) is 0 Å². The number of anilines is 1. The van der Waals surface area contributed by atoms with E-state index in [0.29, 0.717) is 12.1 Å². The molecule has 0 unspecified atom stereocenters. The summed E-state index contributed by atoms with van der Waals surface area (Å²) in [7, 11) is -3.63. The van der Waals surface area contributed by atoms with Gasteiger partial charge in [-0.15, -0.1) is 0 Å². The number of hydrogen-bond acceptors (Lipinski definition) is 3. The molecule has 1 rings (SSSR count). The van der Waals surface area contributed by atoms with Gasteiger partial charge in [0.2, 0.25) is 0 Å². The van der Waals surface area contributed by atoms with E-state index >= 15 is 0 Å². The Balaban J connectivity index is 2.85. The fraction of sp³-hybridized carbons (Fsp3) is 0.364. The van der Waals surface area contributed by atoms with Gasteiger partial charge in [0.1, 0.15) is 4.99 Å². The van der Waals surface area contributed by atoms with Crippen molar-refractivity contribution in [2.24, 2.45) is 11.7 Å². The Morgan fingerprint density at radius 1 is 1.47 bits per heavy atom. The van der Waals surface area contributed by atoms with Crippen LogP contribution in [0, 0.1) is 5.92 Å². The molecule has 0 spiro atoms. The standard InChI is InChI=1S/C11H16ClN3O2S2/c1-7(2)6-14-19(16,17)15-10-4-3-8(11(13)18)5-9(10)12/h3-5,7,14-15H,6H2,1-2H3,(H2,13,18). The van der Waals surface area contributed by atoms with Crippen LogP contribution in [0.5, 0.6) is 0 Å². The zero-order valence-corrected chi connectivity index (χ0v) is 13.0. The molecule has 1 aromatic rings. The average molecular weight is 322 g/mol. The maximum absolute atomic E-state index is 11.7. The molecule has 4 N–H and O–H groups in total. The number of halogens is 1. The highest BCUT2D eigenvalue weighted by Gasteiger charge is 2.13. The number of hydrogen-bond donors (Lipinski definition) is 3. The topological polar surface area (TPSA) is 84.2 Å². The number of rotatable bonds is 6. The fourth-order valence-electron chi connectivity index (χ4n) is 1.21. The van der Waals surface area contributed by atoms with E-state index < -0.39 is 10.2 Å². The van der Waals surface area contributed by atoms with Gasteiger partial charge in [0.15, 0.2) is 0 Å². The van der Waals surface area contributed by atoms with E-state index in [1.54, 1.807) is 6.07 Å². The summed E-state index contributed by atoms with van der Waals surface area (Å²) in [4.78, 5) is 0.203. The van der Waals surface area contributed by atoms with Crippen molar-refractivity contribution in [2.75, 3.05) is 11.3 Å². The molecule has 0 saturated heterocycles. The number of benzene rings is 1. The van der Waals surface area contributed by atoms with Gasteiger partial charge in [-0.2, -0.15) is 13.1 Å². The molecule has 0 aliphatic carbocycles. The summed E-state index contributed by atoms with van der Waals surface area (Å²) < 4.78 is 28.3. The third kappa shape index (κ3) is 5.32. The van der Waals surface area contributed by atoms with E-state index in [0.717, 1.165) is 0 Å². The monoisotopic (exact) mass is 321 g/mol. The SMILES string of the molecule is CC(C)CNS(=O)(=O)Nc1ccc(C(N)=S)cc1Cl. The van der Waals surface area contributed by atoms with Crippen molar-refractivity contribution in [3.8, 4) is 0 Å². The number of thiocarbonyl (C=S) groups is 1. The van der Waals surface area contributed by atoms with Crippen molar-refractivity contribution in [1.82, 2.24) is 4.72 Å². The van der Waals surface area contributed by atoms with Gasteiger partial charge in [-0.1, -0.05) is 37.7 Å². The lowest BCUT2D eigenvalue weighted by molar-refractivity contribution is 0.565. The normalized spacial score (nSPS) is 11.6. The van der Waals surface area contributed by atoms with Gasteiger partial charge in [0.05, 0.1) is 10.7 Å². The van der Waals surface area contributed by atoms with E-state index in [-0.39, 0.29) is 21.6 Å². The van der Waals surface area contributed by atoms with Crippen LogP contribution >= 0.6 is 23.8 Å². The second-order valence-corrected chi connectivity index (χ2v) is 6.75. The van der Waals surface area contributed by atoms with Crippen molar-refractivity contribution >= 4 is 44.7 Å². The maximum Gasteiger partial charge on any atom is 0.299 e. The van der Waals surface area contributed by atoms with E-state index in [9.17, 15) is 8.42 Å². The minimum atomic E-state index is -3.63. The Morgan fingerprint density at radius 3 is 2.58 bits per heavy atom. The molecule has 0 saturated carbocycles. The van der Waals surface area contributed by atoms with Gasteiger partial charge < -0.3 is 5.73 Å². The van der Waals surface area contributed by atoms with E-state index in [1.807, 2.05) is 13.8 Å². The molecule has 1 aromatic carbocycles. The number of nitrogens with one attached hydrogen (secondary N) is 2. The van der Waals surface area contributed by atoms with Crippen molar-refractivity contribution in [2.45, 2.75) is 13.8 Å². The fourth-order valence-corrected chi connectivity index (χ4v) is 2.71. The highest BCUT2D eigenvalue weighted by Crippen LogP contribution is 2.23. The van der Waals surface area contributed by atoms with Crippen LogP contribution in [0.4, 0.5) is 5.69 Å². The van der Waals surface area contributed by atoms with Crippen LogP contribution in [0.2, 0.25) is 5.02 Å². The van der Waals surface area contributed by atoms with Crippen LogP contribution in [0.3, 0.4) is 0 Å². The maximum atomic E-state index is 11.7. The van der Waals surface area contributed by atoms with Crippen LogP contribution in [0.1, 0.15) is 19.4 Å². The predicted octanol–water partition coefficient (Wildman–Crippen LogP) is 1.88. The second kappa shape index (κ2) is 6.51. The van der Waals surface area contributed by atoms with Gasteiger partial charge >= 0.3 is 0 Å². The molecular weight excluding hydrogens is 306 g/mol. The van der Waals surface area contributed by atoms with Crippen molar-refractivity contribution < 1.29 is 8.42 Å². The lowest BCUT2D eigenvalue weighted by Crippen LogP contribution is -2.33. The summed E-state index contributed by atoms with van der Waals surface area (Å²) in [6, 6.07) is 4.64. The summed E-state index contributed by atoms with van der Waals surface area (Å²) in [6.07, 6.45) is 0. The van der Waals surface area contributed by atoms with Crippen LogP contribution < -0.4 is 15.2 Å². The van der Waals surface area contributed by atoms with Crippen LogP contribution in [0.25, 0.3) is 0 Å². The Morgan fingerprint density at radius 2 is 2.11 bits per heavy atom. The number of nitrogens with two attached hydrogens (primary N) is 1. The first-order valence-corrected chi connectivity index (χ1v) is 7.85. The Labute approximate surface area is 123 Å². The smallest absolute Gasteiger partial charge is 0.299 e. The van der Waals surface area contributed by atoms with Crippen LogP contribution in [0.15, 0.2) is 18.2 Å². The first-order chi connectivity index (χ1) is 8.71. The zero-order valence-electron chi connectivity index (χ0n) is 10.6. The molecule has 19 heavy (non-hydrogen) atoms. The molecule has 0 aliphatic rings. The molecule has 0 radical (unpaired) electrons. The molecule has 0 aliphatic heterocycles. The van der Waals surface area contributed by atoms with Gasteiger partial charge in [-0.05, 0) is 24.1 Å². The van der Waals surface area contributed by atoms with Crippen LogP contribution in [-0.4, -0.2) is 20.0 Å². The van der Waals surface area contributed by atoms with Crippen molar-refractivity contribution in [3.05, 3.63) is 28.8 Å². The predicted molar refractivity (Wildman–Crippen MR) is 82.7 cm³/mol. The van der Waals surface area contributed by atoms with E-state index in [4.69, 9.17) is 29.6 Å². The summed E-state index contributed by atoms with van der Waals surface area (Å²) in [5.74, 6) is 0.212. The molecule has 8 heteroatoms. The van der Waals surface area contributed by atoms with Gasteiger partial charge in [0.25, 0.3) is 10.2 Å². The Bertz CT molecular complexity index is 573. The Kier molecular flexibility index (Phi) is 5.54. The minimum Gasteiger partial charge on any atom is -0.389 e. The largest absolute Gasteiger partial charge is 0.389 e. The Hall–Kier alpha value is -0.890. The quantitative estimate of drug-likeness (QED) is 0.698. The highest BCUT2D eigenvalue weighted by atomic mass is 35.5. The first-order valence-electron chi connectivity index (χ1n) is 5.58. The van der Waals surface area contributed by atoms with Gasteiger partial charge in [-0.3, -0.25) is 4.72 Å². The molecule has 106 valence electrons. The summed E-state index contributed by atoms with van der Waals surface area (Å²) in [5, 5.41) is 0.236.